The standard InChI is InChI=1S/C36H45N5O5S/c1-38(2)47(44,45)37-34(42)23-10-14-28-31(16-23)40-21-36(35(43)41-24-11-12-25(41)20-39(3)19-24)18-30(36)29-17-26(46-4)13-15-27(29)33(40)32(28)22-8-6-5-7-9-22/h10,13-17,22,24-25,30H,5-9,11-12,18-21H2,1-4H3,(H,37,42)/t24-,25-,30+,36+/m1/s1. The van der Waals surface area contributed by atoms with E-state index < -0.39 is 21.5 Å². The second kappa shape index (κ2) is 11.1. The number of amides is 2. The fourth-order valence-corrected chi connectivity index (χ4v) is 9.93. The summed E-state index contributed by atoms with van der Waals surface area (Å²) >= 11 is 0. The Balaban J connectivity index is 1.32. The van der Waals surface area contributed by atoms with Crippen LogP contribution in [0, 0.1) is 5.41 Å². The number of hydrogen-bond acceptors (Lipinski definition) is 6. The van der Waals surface area contributed by atoms with E-state index in [2.05, 4.69) is 38.3 Å². The number of fused-ring (bicyclic) bond motifs is 9. The SMILES string of the molecule is COc1ccc2c(c1)[C@@H]1C[C@]1(C(=O)N1[C@@H]3CC[C@@H]1CN(C)C3)Cn1c-2c(C2CCCCC2)c2ccc(C(=O)NS(=O)(=O)N(C)C)cc21. The fourth-order valence-electron chi connectivity index (χ4n) is 9.39. The van der Waals surface area contributed by atoms with Crippen LogP contribution in [0.15, 0.2) is 36.4 Å². The highest BCUT2D eigenvalue weighted by Gasteiger charge is 2.65. The molecule has 8 rings (SSSR count). The lowest BCUT2D eigenvalue weighted by molar-refractivity contribution is -0.143. The molecule has 47 heavy (non-hydrogen) atoms. The summed E-state index contributed by atoms with van der Waals surface area (Å²) in [7, 11) is 2.67. The summed E-state index contributed by atoms with van der Waals surface area (Å²) in [4.78, 5) is 33.0. The predicted molar refractivity (Wildman–Crippen MR) is 181 cm³/mol. The quantitative estimate of drug-likeness (QED) is 0.412. The average molecular weight is 660 g/mol. The van der Waals surface area contributed by atoms with Crippen LogP contribution in [-0.4, -0.2) is 92.3 Å². The van der Waals surface area contributed by atoms with Crippen molar-refractivity contribution in [3.05, 3.63) is 53.1 Å². The van der Waals surface area contributed by atoms with E-state index in [1.807, 2.05) is 18.2 Å². The number of likely N-dealkylation sites (tertiary alicyclic amines) is 1. The van der Waals surface area contributed by atoms with E-state index in [9.17, 15) is 18.0 Å². The third kappa shape index (κ3) is 4.83. The summed E-state index contributed by atoms with van der Waals surface area (Å²) in [6, 6.07) is 12.4. The number of carbonyl (C=O) groups is 2. The zero-order chi connectivity index (χ0) is 32.8. The van der Waals surface area contributed by atoms with Gasteiger partial charge in [0.25, 0.3) is 5.91 Å². The minimum atomic E-state index is -3.96. The van der Waals surface area contributed by atoms with Gasteiger partial charge in [-0.25, -0.2) is 4.72 Å². The van der Waals surface area contributed by atoms with Crippen molar-refractivity contribution in [2.45, 2.75) is 81.8 Å². The molecule has 4 fully saturated rings. The maximum absolute atomic E-state index is 15.0. The number of rotatable bonds is 6. The van der Waals surface area contributed by atoms with Crippen LogP contribution in [0.1, 0.15) is 84.7 Å². The van der Waals surface area contributed by atoms with Crippen LogP contribution in [0.25, 0.3) is 22.2 Å². The van der Waals surface area contributed by atoms with Gasteiger partial charge in [0.05, 0.1) is 18.2 Å². The Bertz CT molecular complexity index is 1880. The summed E-state index contributed by atoms with van der Waals surface area (Å²) in [6.07, 6.45) is 8.64. The molecule has 2 bridgehead atoms. The zero-order valence-electron chi connectivity index (χ0n) is 27.8. The number of ether oxygens (including phenoxy) is 1. The van der Waals surface area contributed by atoms with Gasteiger partial charge < -0.3 is 19.1 Å². The topological polar surface area (TPSA) is 104 Å². The Labute approximate surface area is 277 Å². The van der Waals surface area contributed by atoms with Crippen LogP contribution in [0.4, 0.5) is 0 Å². The van der Waals surface area contributed by atoms with E-state index in [4.69, 9.17) is 4.74 Å². The molecule has 5 aliphatic rings. The number of nitrogens with zero attached hydrogens (tertiary/aromatic N) is 4. The van der Waals surface area contributed by atoms with E-state index in [-0.39, 0.29) is 29.5 Å². The molecule has 2 aliphatic carbocycles. The first-order chi connectivity index (χ1) is 22.5. The van der Waals surface area contributed by atoms with Crippen molar-refractivity contribution in [2.75, 3.05) is 41.3 Å². The van der Waals surface area contributed by atoms with E-state index in [0.717, 1.165) is 77.4 Å². The Morgan fingerprint density at radius 3 is 2.38 bits per heavy atom. The van der Waals surface area contributed by atoms with Crippen LogP contribution >= 0.6 is 0 Å². The lowest BCUT2D eigenvalue weighted by Gasteiger charge is -2.41. The minimum absolute atomic E-state index is 0.0741. The highest BCUT2D eigenvalue weighted by atomic mass is 32.2. The molecule has 2 amide bonds. The van der Waals surface area contributed by atoms with E-state index in [1.165, 1.54) is 44.5 Å². The number of likely N-dealkylation sites (N-methyl/N-ethyl adjacent to an activating group) is 1. The number of hydrogen-bond donors (Lipinski definition) is 1. The van der Waals surface area contributed by atoms with Gasteiger partial charge in [-0.2, -0.15) is 12.7 Å². The Morgan fingerprint density at radius 2 is 1.70 bits per heavy atom. The van der Waals surface area contributed by atoms with Crippen LogP contribution in [0.5, 0.6) is 5.75 Å². The van der Waals surface area contributed by atoms with Gasteiger partial charge in [0.15, 0.2) is 0 Å². The summed E-state index contributed by atoms with van der Waals surface area (Å²) < 4.78 is 36.4. The summed E-state index contributed by atoms with van der Waals surface area (Å²) in [6.45, 7) is 2.34. The van der Waals surface area contributed by atoms with Gasteiger partial charge in [0, 0.05) is 73.8 Å². The molecular weight excluding hydrogens is 614 g/mol. The molecule has 0 unspecified atom stereocenters. The van der Waals surface area contributed by atoms with Crippen molar-refractivity contribution in [3.63, 3.8) is 0 Å². The number of piperazine rings is 1. The van der Waals surface area contributed by atoms with Crippen molar-refractivity contribution in [1.82, 2.24) is 23.4 Å². The van der Waals surface area contributed by atoms with Crippen molar-refractivity contribution in [3.8, 4) is 17.0 Å². The molecule has 3 aromatic rings. The number of benzene rings is 2. The minimum Gasteiger partial charge on any atom is -0.497 e. The third-order valence-corrected chi connectivity index (χ3v) is 13.2. The molecule has 2 aromatic carbocycles. The maximum Gasteiger partial charge on any atom is 0.303 e. The summed E-state index contributed by atoms with van der Waals surface area (Å²) in [5.41, 5.74) is 5.33. The molecule has 1 N–H and O–H groups in total. The third-order valence-electron chi connectivity index (χ3n) is 11.8. The Kier molecular flexibility index (Phi) is 7.27. The van der Waals surface area contributed by atoms with E-state index >= 15 is 0 Å². The van der Waals surface area contributed by atoms with Crippen LogP contribution in [0.2, 0.25) is 0 Å². The lowest BCUT2D eigenvalue weighted by Crippen LogP contribution is -2.57. The monoisotopic (exact) mass is 659 g/mol. The van der Waals surface area contributed by atoms with Gasteiger partial charge in [-0.3, -0.25) is 9.59 Å². The normalized spacial score (nSPS) is 27.3. The lowest BCUT2D eigenvalue weighted by atomic mass is 9.81. The second-order valence-electron chi connectivity index (χ2n) is 14.8. The van der Waals surface area contributed by atoms with Gasteiger partial charge in [-0.15, -0.1) is 0 Å². The number of aromatic nitrogens is 1. The molecule has 3 aliphatic heterocycles. The second-order valence-corrected chi connectivity index (χ2v) is 16.7. The largest absolute Gasteiger partial charge is 0.497 e. The first kappa shape index (κ1) is 30.9. The molecule has 0 radical (unpaired) electrons. The molecule has 2 saturated heterocycles. The van der Waals surface area contributed by atoms with Crippen molar-refractivity contribution in [2.24, 2.45) is 5.41 Å². The van der Waals surface area contributed by atoms with Crippen molar-refractivity contribution < 1.29 is 22.7 Å². The molecule has 4 heterocycles. The molecule has 11 heteroatoms. The molecule has 10 nitrogen and oxygen atoms in total. The summed E-state index contributed by atoms with van der Waals surface area (Å²) in [5.74, 6) is 0.822. The first-order valence-electron chi connectivity index (χ1n) is 17.1. The number of carbonyl (C=O) groups excluding carboxylic acids is 2. The van der Waals surface area contributed by atoms with Crippen molar-refractivity contribution in [1.29, 1.82) is 0 Å². The molecule has 0 spiro atoms. The Morgan fingerprint density at radius 1 is 0.979 bits per heavy atom. The molecular formula is C36H45N5O5S. The molecule has 2 saturated carbocycles. The number of methoxy groups -OCH3 is 1. The van der Waals surface area contributed by atoms with Crippen LogP contribution in [-0.2, 0) is 21.5 Å². The zero-order valence-corrected chi connectivity index (χ0v) is 28.6. The smallest absolute Gasteiger partial charge is 0.303 e. The highest BCUT2D eigenvalue weighted by Crippen LogP contribution is 2.66. The first-order valence-corrected chi connectivity index (χ1v) is 18.6. The van der Waals surface area contributed by atoms with Gasteiger partial charge in [-0.05, 0) is 86.5 Å². The maximum atomic E-state index is 15.0. The van der Waals surface area contributed by atoms with E-state index in [0.29, 0.717) is 12.5 Å². The summed E-state index contributed by atoms with van der Waals surface area (Å²) in [5, 5.41) is 1.09. The van der Waals surface area contributed by atoms with Gasteiger partial charge >= 0.3 is 10.2 Å². The molecule has 1 aromatic heterocycles. The van der Waals surface area contributed by atoms with Crippen LogP contribution < -0.4 is 9.46 Å². The van der Waals surface area contributed by atoms with E-state index in [1.54, 1.807) is 13.2 Å². The van der Waals surface area contributed by atoms with Gasteiger partial charge in [0.2, 0.25) is 5.91 Å². The highest BCUT2D eigenvalue weighted by molar-refractivity contribution is 7.87. The number of nitrogens with one attached hydrogen (secondary N) is 1. The van der Waals surface area contributed by atoms with Crippen molar-refractivity contribution >= 4 is 32.9 Å². The predicted octanol–water partition coefficient (Wildman–Crippen LogP) is 4.69. The molecule has 250 valence electrons. The fraction of sp³-hybridized carbons (Fsp3) is 0.556. The van der Waals surface area contributed by atoms with Crippen LogP contribution in [0.3, 0.4) is 0 Å². The Hall–Kier alpha value is -3.41. The molecule has 4 atom stereocenters. The average Bonchev–Trinajstić information content (AvgIpc) is 3.64. The van der Waals surface area contributed by atoms with Gasteiger partial charge in [0.1, 0.15) is 5.75 Å². The van der Waals surface area contributed by atoms with Gasteiger partial charge in [-0.1, -0.05) is 25.3 Å².